The molecule has 3 N–H and O–H groups in total. The van der Waals surface area contributed by atoms with Gasteiger partial charge >= 0.3 is 11.1 Å². The number of hydrogen-bond donors (Lipinski definition) is 3. The highest BCUT2D eigenvalue weighted by atomic mass is 32.1. The number of aromatic nitrogens is 2. The van der Waals surface area contributed by atoms with Gasteiger partial charge in [0.15, 0.2) is 0 Å². The molecule has 3 rings (SSSR count). The molecule has 0 saturated heterocycles. The SMILES string of the molecule is O=c1[nH]c2ccc(C(O)c3ccsc3)cc2[nH]c1=O. The van der Waals surface area contributed by atoms with Crippen molar-refractivity contribution >= 4 is 22.4 Å². The molecule has 5 nitrogen and oxygen atoms in total. The van der Waals surface area contributed by atoms with Crippen molar-refractivity contribution in [3.8, 4) is 0 Å². The zero-order chi connectivity index (χ0) is 13.4. The maximum absolute atomic E-state index is 11.3. The third-order valence-corrected chi connectivity index (χ3v) is 3.62. The number of nitrogens with one attached hydrogen (secondary N) is 2. The van der Waals surface area contributed by atoms with Crippen LogP contribution in [0.2, 0.25) is 0 Å². The highest BCUT2D eigenvalue weighted by Crippen LogP contribution is 2.25. The quantitative estimate of drug-likeness (QED) is 0.617. The number of aliphatic hydroxyl groups excluding tert-OH is 1. The van der Waals surface area contributed by atoms with Gasteiger partial charge in [0.25, 0.3) is 0 Å². The van der Waals surface area contributed by atoms with Crippen LogP contribution in [0.3, 0.4) is 0 Å². The van der Waals surface area contributed by atoms with Crippen LogP contribution in [0.4, 0.5) is 0 Å². The van der Waals surface area contributed by atoms with E-state index in [2.05, 4.69) is 9.97 Å². The Kier molecular flexibility index (Phi) is 2.81. The first kappa shape index (κ1) is 11.9. The molecule has 0 amide bonds. The number of thiophene rings is 1. The first-order chi connectivity index (χ1) is 9.15. The summed E-state index contributed by atoms with van der Waals surface area (Å²) in [6.45, 7) is 0. The van der Waals surface area contributed by atoms with Gasteiger partial charge < -0.3 is 15.1 Å². The predicted molar refractivity (Wildman–Crippen MR) is 73.6 cm³/mol. The van der Waals surface area contributed by atoms with Crippen LogP contribution in [0.5, 0.6) is 0 Å². The van der Waals surface area contributed by atoms with E-state index in [1.165, 1.54) is 11.3 Å². The summed E-state index contributed by atoms with van der Waals surface area (Å²) in [5.41, 5.74) is 1.11. The average molecular weight is 274 g/mol. The molecule has 19 heavy (non-hydrogen) atoms. The average Bonchev–Trinajstić information content (AvgIpc) is 2.93. The van der Waals surface area contributed by atoms with Gasteiger partial charge in [-0.1, -0.05) is 6.07 Å². The lowest BCUT2D eigenvalue weighted by Gasteiger charge is -2.10. The first-order valence-electron chi connectivity index (χ1n) is 5.61. The predicted octanol–water partition coefficient (Wildman–Crippen LogP) is 1.36. The summed E-state index contributed by atoms with van der Waals surface area (Å²) in [5, 5.41) is 14.0. The summed E-state index contributed by atoms with van der Waals surface area (Å²) in [7, 11) is 0. The second-order valence-electron chi connectivity index (χ2n) is 4.17. The number of fused-ring (bicyclic) bond motifs is 1. The molecule has 0 radical (unpaired) electrons. The van der Waals surface area contributed by atoms with Crippen LogP contribution in [0.1, 0.15) is 17.2 Å². The largest absolute Gasteiger partial charge is 0.384 e. The second kappa shape index (κ2) is 4.49. The Morgan fingerprint density at radius 1 is 1.00 bits per heavy atom. The molecular formula is C13H10N2O3S. The maximum atomic E-state index is 11.3. The van der Waals surface area contributed by atoms with Gasteiger partial charge in [-0.2, -0.15) is 11.3 Å². The van der Waals surface area contributed by atoms with Crippen LogP contribution in [0, 0.1) is 0 Å². The smallest absolute Gasteiger partial charge is 0.314 e. The van der Waals surface area contributed by atoms with Gasteiger partial charge in [-0.3, -0.25) is 9.59 Å². The van der Waals surface area contributed by atoms with Gasteiger partial charge in [-0.25, -0.2) is 0 Å². The molecule has 96 valence electrons. The van der Waals surface area contributed by atoms with Gasteiger partial charge in [0, 0.05) is 0 Å². The monoisotopic (exact) mass is 274 g/mol. The van der Waals surface area contributed by atoms with Crippen LogP contribution in [-0.2, 0) is 0 Å². The highest BCUT2D eigenvalue weighted by molar-refractivity contribution is 7.07. The summed E-state index contributed by atoms with van der Waals surface area (Å²) in [6, 6.07) is 6.89. The van der Waals surface area contributed by atoms with E-state index in [-0.39, 0.29) is 0 Å². The number of hydrogen-bond acceptors (Lipinski definition) is 4. The maximum Gasteiger partial charge on any atom is 0.314 e. The Morgan fingerprint density at radius 2 is 1.74 bits per heavy atom. The summed E-state index contributed by atoms with van der Waals surface area (Å²) >= 11 is 1.51. The van der Waals surface area contributed by atoms with Gasteiger partial charge in [0.1, 0.15) is 6.10 Å². The molecule has 0 aliphatic carbocycles. The van der Waals surface area contributed by atoms with Gasteiger partial charge in [-0.05, 0) is 40.1 Å². The number of aliphatic hydroxyl groups is 1. The lowest BCUT2D eigenvalue weighted by molar-refractivity contribution is 0.221. The molecule has 2 aromatic heterocycles. The second-order valence-corrected chi connectivity index (χ2v) is 4.95. The molecule has 0 spiro atoms. The standard InChI is InChI=1S/C13H10N2O3S/c16-11(8-3-4-19-6-8)7-1-2-9-10(5-7)15-13(18)12(17)14-9/h1-6,11,16H,(H,14,17)(H,15,18). The topological polar surface area (TPSA) is 85.9 Å². The van der Waals surface area contributed by atoms with Crippen LogP contribution in [0.25, 0.3) is 11.0 Å². The van der Waals surface area contributed by atoms with E-state index in [1.54, 1.807) is 18.2 Å². The van der Waals surface area contributed by atoms with E-state index in [0.717, 1.165) is 5.56 Å². The minimum Gasteiger partial charge on any atom is -0.384 e. The van der Waals surface area contributed by atoms with Crippen molar-refractivity contribution in [1.82, 2.24) is 9.97 Å². The molecular weight excluding hydrogens is 264 g/mol. The van der Waals surface area contributed by atoms with E-state index in [0.29, 0.717) is 16.6 Å². The van der Waals surface area contributed by atoms with Crippen molar-refractivity contribution in [2.45, 2.75) is 6.10 Å². The van der Waals surface area contributed by atoms with E-state index < -0.39 is 17.2 Å². The van der Waals surface area contributed by atoms with Crippen molar-refractivity contribution in [3.63, 3.8) is 0 Å². The Hall–Kier alpha value is -2.18. The van der Waals surface area contributed by atoms with Gasteiger partial charge in [-0.15, -0.1) is 0 Å². The van der Waals surface area contributed by atoms with Crippen molar-refractivity contribution < 1.29 is 5.11 Å². The number of aromatic amines is 2. The summed E-state index contributed by atoms with van der Waals surface area (Å²) in [5.74, 6) is 0. The minimum atomic E-state index is -0.744. The highest BCUT2D eigenvalue weighted by Gasteiger charge is 2.11. The third-order valence-electron chi connectivity index (χ3n) is 2.92. The van der Waals surface area contributed by atoms with Crippen molar-refractivity contribution in [3.05, 3.63) is 66.9 Å². The Bertz CT molecular complexity index is 833. The van der Waals surface area contributed by atoms with Crippen molar-refractivity contribution in [2.75, 3.05) is 0 Å². The fourth-order valence-corrected chi connectivity index (χ4v) is 2.60. The molecule has 1 atom stereocenters. The normalized spacial score (nSPS) is 12.7. The lowest BCUT2D eigenvalue weighted by Crippen LogP contribution is -2.28. The Morgan fingerprint density at radius 3 is 2.42 bits per heavy atom. The first-order valence-corrected chi connectivity index (χ1v) is 6.56. The lowest BCUT2D eigenvalue weighted by atomic mass is 10.0. The van der Waals surface area contributed by atoms with Crippen LogP contribution in [-0.4, -0.2) is 15.1 Å². The summed E-state index contributed by atoms with van der Waals surface area (Å²) in [6.07, 6.45) is -0.744. The molecule has 0 aliphatic rings. The molecule has 0 fully saturated rings. The van der Waals surface area contributed by atoms with Crippen molar-refractivity contribution in [1.29, 1.82) is 0 Å². The Labute approximate surface area is 111 Å². The summed E-state index contributed by atoms with van der Waals surface area (Å²) < 4.78 is 0. The fourth-order valence-electron chi connectivity index (χ4n) is 1.93. The Balaban J connectivity index is 2.14. The van der Waals surface area contributed by atoms with Gasteiger partial charge in [0.2, 0.25) is 0 Å². The molecule has 2 heterocycles. The van der Waals surface area contributed by atoms with E-state index in [1.807, 2.05) is 16.8 Å². The number of benzene rings is 1. The summed E-state index contributed by atoms with van der Waals surface area (Å²) in [4.78, 5) is 27.4. The molecule has 3 aromatic rings. The zero-order valence-corrected chi connectivity index (χ0v) is 10.5. The minimum absolute atomic E-state index is 0.497. The molecule has 0 bridgehead atoms. The van der Waals surface area contributed by atoms with Crippen LogP contribution < -0.4 is 11.1 Å². The number of rotatable bonds is 2. The molecule has 1 aromatic carbocycles. The third kappa shape index (κ3) is 2.11. The van der Waals surface area contributed by atoms with E-state index in [9.17, 15) is 14.7 Å². The van der Waals surface area contributed by atoms with E-state index >= 15 is 0 Å². The molecule has 6 heteroatoms. The molecule has 0 aliphatic heterocycles. The zero-order valence-electron chi connectivity index (χ0n) is 9.71. The van der Waals surface area contributed by atoms with Crippen molar-refractivity contribution in [2.24, 2.45) is 0 Å². The van der Waals surface area contributed by atoms with Crippen LogP contribution >= 0.6 is 11.3 Å². The van der Waals surface area contributed by atoms with Gasteiger partial charge in [0.05, 0.1) is 11.0 Å². The number of H-pyrrole nitrogens is 2. The fraction of sp³-hybridized carbons (Fsp3) is 0.0769. The molecule has 0 saturated carbocycles. The van der Waals surface area contributed by atoms with E-state index in [4.69, 9.17) is 0 Å². The molecule has 1 unspecified atom stereocenters. The van der Waals surface area contributed by atoms with Crippen LogP contribution in [0.15, 0.2) is 44.6 Å².